The lowest BCUT2D eigenvalue weighted by atomic mass is 10.2. The molecule has 0 bridgehead atoms. The van der Waals surface area contributed by atoms with Gasteiger partial charge in [0.25, 0.3) is 0 Å². The summed E-state index contributed by atoms with van der Waals surface area (Å²) in [5.74, 6) is -1.50. The third kappa shape index (κ3) is 5.22. The van der Waals surface area contributed by atoms with Crippen molar-refractivity contribution in [1.82, 2.24) is 0 Å². The van der Waals surface area contributed by atoms with Gasteiger partial charge in [-0.1, -0.05) is 0 Å². The normalized spacial score (nSPS) is 14.1. The number of esters is 1. The molecule has 0 aromatic carbocycles. The van der Waals surface area contributed by atoms with Gasteiger partial charge in [-0.3, -0.25) is 9.59 Å². The molecule has 1 amide bonds. The van der Waals surface area contributed by atoms with Crippen molar-refractivity contribution in [3.8, 4) is 0 Å². The molecule has 6 N–H and O–H groups in total. The van der Waals surface area contributed by atoms with E-state index in [4.69, 9.17) is 17.2 Å². The predicted molar refractivity (Wildman–Crippen MR) is 46.8 cm³/mol. The number of primary amides is 1. The molecule has 0 saturated carbocycles. The number of aldehydes is 1. The average molecular weight is 203 g/mol. The van der Waals surface area contributed by atoms with Crippen molar-refractivity contribution in [1.29, 1.82) is 0 Å². The Kier molecular flexibility index (Phi) is 5.42. The van der Waals surface area contributed by atoms with Crippen LogP contribution in [0.3, 0.4) is 0 Å². The van der Waals surface area contributed by atoms with Crippen molar-refractivity contribution >= 4 is 18.2 Å². The molecule has 80 valence electrons. The topological polar surface area (TPSA) is 138 Å². The van der Waals surface area contributed by atoms with E-state index in [0.29, 0.717) is 6.29 Å². The zero-order valence-corrected chi connectivity index (χ0v) is 7.51. The molecule has 7 nitrogen and oxygen atoms in total. The number of nitrogens with two attached hydrogens (primary N) is 3. The fraction of sp³-hybridized carbons (Fsp3) is 0.571. The summed E-state index contributed by atoms with van der Waals surface area (Å²) in [6.07, 6.45) is 0.141. The highest BCUT2D eigenvalue weighted by molar-refractivity contribution is 5.84. The number of ether oxygens (including phenoxy) is 1. The maximum absolute atomic E-state index is 11.0. The van der Waals surface area contributed by atoms with Gasteiger partial charge in [0.05, 0.1) is 12.5 Å². The van der Waals surface area contributed by atoms with Crippen LogP contribution in [-0.2, 0) is 19.1 Å². The second-order valence-electron chi connectivity index (χ2n) is 2.71. The minimum atomic E-state index is -1.11. The van der Waals surface area contributed by atoms with Crippen molar-refractivity contribution < 1.29 is 19.1 Å². The van der Waals surface area contributed by atoms with E-state index in [0.717, 1.165) is 0 Å². The molecule has 2 atom stereocenters. The molecule has 0 rings (SSSR count). The molecule has 0 aromatic heterocycles. The monoisotopic (exact) mass is 203 g/mol. The van der Waals surface area contributed by atoms with Gasteiger partial charge in [0.2, 0.25) is 5.91 Å². The van der Waals surface area contributed by atoms with Crippen LogP contribution in [0.15, 0.2) is 0 Å². The lowest BCUT2D eigenvalue weighted by Crippen LogP contribution is -2.39. The van der Waals surface area contributed by atoms with E-state index in [-0.39, 0.29) is 13.0 Å². The molecule has 0 spiro atoms. The molecule has 0 unspecified atom stereocenters. The van der Waals surface area contributed by atoms with Crippen molar-refractivity contribution in [2.45, 2.75) is 18.5 Å². The fourth-order valence-corrected chi connectivity index (χ4v) is 0.625. The molecule has 7 heteroatoms. The SMILES string of the molecule is NC(=O)C[C@H](N)C(=O)OC[C@H](N)C=O. The largest absolute Gasteiger partial charge is 0.462 e. The van der Waals surface area contributed by atoms with Crippen LogP contribution in [0, 0.1) is 0 Å². The maximum atomic E-state index is 11.0. The maximum Gasteiger partial charge on any atom is 0.323 e. The van der Waals surface area contributed by atoms with E-state index in [1.807, 2.05) is 0 Å². The van der Waals surface area contributed by atoms with Crippen LogP contribution in [0.25, 0.3) is 0 Å². The summed E-state index contributed by atoms with van der Waals surface area (Å²) in [5.41, 5.74) is 15.2. The summed E-state index contributed by atoms with van der Waals surface area (Å²) in [5, 5.41) is 0. The van der Waals surface area contributed by atoms with E-state index < -0.39 is 24.0 Å². The molecule has 0 fully saturated rings. The Labute approximate surface area is 80.5 Å². The van der Waals surface area contributed by atoms with E-state index >= 15 is 0 Å². The Balaban J connectivity index is 3.83. The Morgan fingerprint density at radius 3 is 2.36 bits per heavy atom. The second-order valence-corrected chi connectivity index (χ2v) is 2.71. The van der Waals surface area contributed by atoms with Gasteiger partial charge in [-0.2, -0.15) is 0 Å². The van der Waals surface area contributed by atoms with Gasteiger partial charge in [-0.15, -0.1) is 0 Å². The predicted octanol–water partition coefficient (Wildman–Crippen LogP) is -2.74. The molecule has 0 heterocycles. The number of hydrogen-bond acceptors (Lipinski definition) is 6. The number of carbonyl (C=O) groups is 3. The number of rotatable bonds is 6. The van der Waals surface area contributed by atoms with Crippen LogP contribution in [-0.4, -0.2) is 36.9 Å². The Hall–Kier alpha value is -1.47. The van der Waals surface area contributed by atoms with Crippen LogP contribution in [0.4, 0.5) is 0 Å². The summed E-state index contributed by atoms with van der Waals surface area (Å²) in [7, 11) is 0. The zero-order valence-electron chi connectivity index (χ0n) is 7.51. The van der Waals surface area contributed by atoms with Crippen molar-refractivity contribution in [3.05, 3.63) is 0 Å². The van der Waals surface area contributed by atoms with E-state index in [9.17, 15) is 14.4 Å². The first-order chi connectivity index (χ1) is 6.47. The first kappa shape index (κ1) is 12.5. The molecule has 0 aromatic rings. The fourth-order valence-electron chi connectivity index (χ4n) is 0.625. The van der Waals surface area contributed by atoms with Crippen LogP contribution in [0.2, 0.25) is 0 Å². The standard InChI is InChI=1S/C7H13N3O4/c8-4(2-11)3-14-7(13)5(9)1-6(10)12/h2,4-5H,1,3,8-9H2,(H2,10,12)/t4-,5+/m1/s1. The minimum absolute atomic E-state index is 0.255. The Morgan fingerprint density at radius 1 is 1.36 bits per heavy atom. The van der Waals surface area contributed by atoms with Crippen molar-refractivity contribution in [3.63, 3.8) is 0 Å². The molecule has 0 aliphatic carbocycles. The first-order valence-electron chi connectivity index (χ1n) is 3.88. The van der Waals surface area contributed by atoms with Gasteiger partial charge in [-0.05, 0) is 0 Å². The Bertz CT molecular complexity index is 231. The molecule has 0 aliphatic heterocycles. The number of carbonyl (C=O) groups excluding carboxylic acids is 3. The van der Waals surface area contributed by atoms with Gasteiger partial charge in [0, 0.05) is 0 Å². The molecule has 0 radical (unpaired) electrons. The smallest absolute Gasteiger partial charge is 0.323 e. The molecular weight excluding hydrogens is 190 g/mol. The third-order valence-electron chi connectivity index (χ3n) is 1.32. The summed E-state index contributed by atoms with van der Waals surface area (Å²) < 4.78 is 4.53. The number of amides is 1. The lowest BCUT2D eigenvalue weighted by Gasteiger charge is -2.10. The highest BCUT2D eigenvalue weighted by Crippen LogP contribution is 1.91. The van der Waals surface area contributed by atoms with E-state index in [1.165, 1.54) is 0 Å². The lowest BCUT2D eigenvalue weighted by molar-refractivity contribution is -0.147. The highest BCUT2D eigenvalue weighted by Gasteiger charge is 2.18. The average Bonchev–Trinajstić information content (AvgIpc) is 2.12. The molecule has 0 aliphatic rings. The summed E-state index contributed by atoms with van der Waals surface area (Å²) in [4.78, 5) is 31.4. The quantitative estimate of drug-likeness (QED) is 0.316. The van der Waals surface area contributed by atoms with Crippen molar-refractivity contribution in [2.24, 2.45) is 17.2 Å². The minimum Gasteiger partial charge on any atom is -0.462 e. The van der Waals surface area contributed by atoms with Crippen LogP contribution in [0.1, 0.15) is 6.42 Å². The second kappa shape index (κ2) is 6.06. The van der Waals surface area contributed by atoms with Gasteiger partial charge in [0.1, 0.15) is 18.9 Å². The van der Waals surface area contributed by atoms with Crippen LogP contribution in [0.5, 0.6) is 0 Å². The third-order valence-corrected chi connectivity index (χ3v) is 1.32. The van der Waals surface area contributed by atoms with E-state index in [2.05, 4.69) is 4.74 Å². The van der Waals surface area contributed by atoms with Gasteiger partial charge in [0.15, 0.2) is 0 Å². The first-order valence-corrected chi connectivity index (χ1v) is 3.88. The van der Waals surface area contributed by atoms with Crippen LogP contribution >= 0.6 is 0 Å². The zero-order chi connectivity index (χ0) is 11.1. The number of hydrogen-bond donors (Lipinski definition) is 3. The van der Waals surface area contributed by atoms with Gasteiger partial charge in [-0.25, -0.2) is 0 Å². The molecular formula is C7H13N3O4. The molecule has 0 saturated heterocycles. The van der Waals surface area contributed by atoms with Gasteiger partial charge >= 0.3 is 5.97 Å². The van der Waals surface area contributed by atoms with Gasteiger partial charge < -0.3 is 26.7 Å². The van der Waals surface area contributed by atoms with E-state index in [1.54, 1.807) is 0 Å². The summed E-state index contributed by atoms with van der Waals surface area (Å²) in [6.45, 7) is -0.255. The van der Waals surface area contributed by atoms with Crippen LogP contribution < -0.4 is 17.2 Å². The highest BCUT2D eigenvalue weighted by atomic mass is 16.5. The Morgan fingerprint density at radius 2 is 1.93 bits per heavy atom. The van der Waals surface area contributed by atoms with Crippen molar-refractivity contribution in [2.75, 3.05) is 6.61 Å². The summed E-state index contributed by atoms with van der Waals surface area (Å²) >= 11 is 0. The summed E-state index contributed by atoms with van der Waals surface area (Å²) in [6, 6.07) is -1.98. The molecule has 14 heavy (non-hydrogen) atoms.